The van der Waals surface area contributed by atoms with Crippen LogP contribution in [0, 0.1) is 6.92 Å². The summed E-state index contributed by atoms with van der Waals surface area (Å²) in [5.41, 5.74) is 5.80. The molecule has 6 nitrogen and oxygen atoms in total. The van der Waals surface area contributed by atoms with Gasteiger partial charge in [0.25, 0.3) is 0 Å². The number of carbonyl (C=O) groups excluding carboxylic acids is 1. The molecule has 0 bridgehead atoms. The first-order valence-electron chi connectivity index (χ1n) is 13.7. The van der Waals surface area contributed by atoms with Crippen molar-refractivity contribution in [2.24, 2.45) is 0 Å². The van der Waals surface area contributed by atoms with Crippen molar-refractivity contribution in [2.75, 3.05) is 12.9 Å². The number of aromatic nitrogens is 2. The molecule has 2 aliphatic carbocycles. The van der Waals surface area contributed by atoms with Crippen LogP contribution in [-0.4, -0.2) is 40.4 Å². The van der Waals surface area contributed by atoms with Crippen molar-refractivity contribution in [1.82, 2.24) is 15.3 Å². The molecule has 0 aliphatic heterocycles. The highest BCUT2D eigenvalue weighted by molar-refractivity contribution is 7.99. The Morgan fingerprint density at radius 1 is 1.13 bits per heavy atom. The lowest BCUT2D eigenvalue weighted by atomic mass is 10.0. The molecule has 38 heavy (non-hydrogen) atoms. The number of thioether (sulfide) groups is 1. The van der Waals surface area contributed by atoms with E-state index in [0.717, 1.165) is 90.5 Å². The van der Waals surface area contributed by atoms with Gasteiger partial charge in [0.1, 0.15) is 5.75 Å². The summed E-state index contributed by atoms with van der Waals surface area (Å²) in [6.45, 7) is 2.88. The second kappa shape index (κ2) is 12.3. The summed E-state index contributed by atoms with van der Waals surface area (Å²) in [6, 6.07) is 16.9. The number of esters is 1. The van der Waals surface area contributed by atoms with Crippen LogP contribution >= 0.6 is 11.8 Å². The predicted octanol–water partition coefficient (Wildman–Crippen LogP) is 6.29. The minimum atomic E-state index is -0.139. The molecule has 2 fully saturated rings. The van der Waals surface area contributed by atoms with Gasteiger partial charge in [0.05, 0.1) is 23.9 Å². The summed E-state index contributed by atoms with van der Waals surface area (Å²) in [6.07, 6.45) is 10.1. The Morgan fingerprint density at radius 3 is 2.76 bits per heavy atom. The smallest absolute Gasteiger partial charge is 0.305 e. The molecule has 3 aromatic rings. The van der Waals surface area contributed by atoms with E-state index in [1.807, 2.05) is 12.3 Å². The van der Waals surface area contributed by atoms with Crippen LogP contribution in [0.1, 0.15) is 61.9 Å². The minimum Gasteiger partial charge on any atom is -0.490 e. The number of nitrogens with one attached hydrogen (secondary N) is 1. The second-order valence-electron chi connectivity index (χ2n) is 10.5. The van der Waals surface area contributed by atoms with Crippen LogP contribution in [0.4, 0.5) is 0 Å². The van der Waals surface area contributed by atoms with Crippen molar-refractivity contribution in [3.8, 4) is 16.9 Å². The first-order chi connectivity index (χ1) is 18.5. The molecule has 7 heteroatoms. The van der Waals surface area contributed by atoms with E-state index in [1.165, 1.54) is 12.7 Å². The van der Waals surface area contributed by atoms with E-state index in [-0.39, 0.29) is 11.5 Å². The number of para-hydroxylation sites is 1. The first kappa shape index (κ1) is 26.7. The Balaban J connectivity index is 1.17. The summed E-state index contributed by atoms with van der Waals surface area (Å²) < 4.78 is 10.9. The fraction of sp³-hybridized carbons (Fsp3) is 0.452. The average Bonchev–Trinajstić information content (AvgIpc) is 3.87. The maximum Gasteiger partial charge on any atom is 0.305 e. The Bertz CT molecular complexity index is 1260. The van der Waals surface area contributed by atoms with Crippen molar-refractivity contribution in [1.29, 1.82) is 0 Å². The topological polar surface area (TPSA) is 73.3 Å². The van der Waals surface area contributed by atoms with Gasteiger partial charge >= 0.3 is 5.97 Å². The zero-order valence-electron chi connectivity index (χ0n) is 22.4. The van der Waals surface area contributed by atoms with Gasteiger partial charge in [0.2, 0.25) is 0 Å². The molecule has 2 saturated carbocycles. The summed E-state index contributed by atoms with van der Waals surface area (Å²) in [5.74, 6) is 1.77. The van der Waals surface area contributed by atoms with Crippen LogP contribution < -0.4 is 10.1 Å². The van der Waals surface area contributed by atoms with Crippen molar-refractivity contribution in [3.63, 3.8) is 0 Å². The van der Waals surface area contributed by atoms with Crippen molar-refractivity contribution in [2.45, 2.75) is 81.5 Å². The number of benzene rings is 1. The standard InChI is InChI=1S/C31H37N3O3S/c1-22-10-13-29(38-18-6-5-9-30(35)36-2)34-27(22)21-33-31(15-16-31)20-24-19-23(14-17-32-24)26-7-3-4-8-28(26)37-25-11-12-25/h3-4,7-8,10,13-14,17,19,25,33H,5-6,9,11-12,15-16,18,20-21H2,1-2H3. The number of nitrogens with zero attached hydrogens (tertiary/aromatic N) is 2. The Hall–Kier alpha value is -2.90. The number of rotatable bonds is 14. The number of carbonyl (C=O) groups is 1. The van der Waals surface area contributed by atoms with E-state index in [9.17, 15) is 4.79 Å². The molecule has 1 aromatic carbocycles. The van der Waals surface area contributed by atoms with Crippen molar-refractivity contribution in [3.05, 3.63) is 71.7 Å². The second-order valence-corrected chi connectivity index (χ2v) is 11.6. The van der Waals surface area contributed by atoms with E-state index < -0.39 is 0 Å². The van der Waals surface area contributed by atoms with Crippen molar-refractivity contribution < 1.29 is 14.3 Å². The molecule has 0 atom stereocenters. The van der Waals surface area contributed by atoms with Crippen LogP contribution in [0.15, 0.2) is 59.8 Å². The molecule has 0 radical (unpaired) electrons. The zero-order valence-corrected chi connectivity index (χ0v) is 23.2. The number of methoxy groups -OCH3 is 1. The number of hydrogen-bond acceptors (Lipinski definition) is 7. The van der Waals surface area contributed by atoms with Gasteiger partial charge in [-0.05, 0) is 86.6 Å². The number of hydrogen-bond donors (Lipinski definition) is 1. The SMILES string of the molecule is COC(=O)CCCCSc1ccc(C)c(CNC2(Cc3cc(-c4ccccc4OC4CC4)ccn3)CC2)n1. The molecule has 5 rings (SSSR count). The monoisotopic (exact) mass is 531 g/mol. The molecule has 0 amide bonds. The van der Waals surface area contributed by atoms with Crippen LogP contribution in [-0.2, 0) is 22.5 Å². The molecule has 0 spiro atoms. The molecular formula is C31H37N3O3S. The normalized spacial score (nSPS) is 15.7. The van der Waals surface area contributed by atoms with Crippen LogP contribution in [0.2, 0.25) is 0 Å². The molecule has 2 heterocycles. The van der Waals surface area contributed by atoms with Gasteiger partial charge in [-0.3, -0.25) is 9.78 Å². The Kier molecular flexibility index (Phi) is 8.65. The van der Waals surface area contributed by atoms with Crippen molar-refractivity contribution >= 4 is 17.7 Å². The fourth-order valence-electron chi connectivity index (χ4n) is 4.56. The number of aryl methyl sites for hydroxylation is 1. The van der Waals surface area contributed by atoms with Crippen LogP contribution in [0.5, 0.6) is 5.75 Å². The lowest BCUT2D eigenvalue weighted by molar-refractivity contribution is -0.140. The van der Waals surface area contributed by atoms with Crippen LogP contribution in [0.25, 0.3) is 11.1 Å². The highest BCUT2D eigenvalue weighted by Gasteiger charge is 2.42. The lowest BCUT2D eigenvalue weighted by Crippen LogP contribution is -2.33. The first-order valence-corrected chi connectivity index (χ1v) is 14.6. The third kappa shape index (κ3) is 7.35. The van der Waals surface area contributed by atoms with Gasteiger partial charge in [-0.2, -0.15) is 0 Å². The van der Waals surface area contributed by atoms with Gasteiger partial charge in [-0.15, -0.1) is 11.8 Å². The average molecular weight is 532 g/mol. The number of ether oxygens (including phenoxy) is 2. The molecule has 2 aliphatic rings. The zero-order chi connectivity index (χ0) is 26.4. The third-order valence-corrected chi connectivity index (χ3v) is 8.28. The van der Waals surface area contributed by atoms with Gasteiger partial charge in [-0.1, -0.05) is 24.3 Å². The fourth-order valence-corrected chi connectivity index (χ4v) is 5.46. The predicted molar refractivity (Wildman–Crippen MR) is 151 cm³/mol. The Labute approximate surface area is 230 Å². The van der Waals surface area contributed by atoms with E-state index in [0.29, 0.717) is 12.5 Å². The number of unbranched alkanes of at least 4 members (excludes halogenated alkanes) is 1. The van der Waals surface area contributed by atoms with E-state index in [1.54, 1.807) is 11.8 Å². The highest BCUT2D eigenvalue weighted by Crippen LogP contribution is 2.40. The van der Waals surface area contributed by atoms with Gasteiger partial charge in [0, 0.05) is 42.4 Å². The molecule has 0 unspecified atom stereocenters. The maximum atomic E-state index is 11.3. The van der Waals surface area contributed by atoms with E-state index in [2.05, 4.69) is 54.7 Å². The molecule has 0 saturated heterocycles. The summed E-state index contributed by atoms with van der Waals surface area (Å²) in [4.78, 5) is 20.9. The molecule has 2 aromatic heterocycles. The highest BCUT2D eigenvalue weighted by atomic mass is 32.2. The van der Waals surface area contributed by atoms with E-state index in [4.69, 9.17) is 19.4 Å². The summed E-state index contributed by atoms with van der Waals surface area (Å²) >= 11 is 1.75. The van der Waals surface area contributed by atoms with Gasteiger partial charge in [-0.25, -0.2) is 4.98 Å². The van der Waals surface area contributed by atoms with Gasteiger partial charge in [0.15, 0.2) is 0 Å². The maximum absolute atomic E-state index is 11.3. The minimum absolute atomic E-state index is 0.0841. The van der Waals surface area contributed by atoms with Gasteiger partial charge < -0.3 is 14.8 Å². The summed E-state index contributed by atoms with van der Waals surface area (Å²) in [7, 11) is 1.44. The quantitative estimate of drug-likeness (QED) is 0.149. The molecule has 200 valence electrons. The summed E-state index contributed by atoms with van der Waals surface area (Å²) in [5, 5.41) is 4.85. The van der Waals surface area contributed by atoms with E-state index >= 15 is 0 Å². The van der Waals surface area contributed by atoms with Crippen LogP contribution in [0.3, 0.4) is 0 Å². The number of pyridine rings is 2. The molecule has 1 N–H and O–H groups in total. The largest absolute Gasteiger partial charge is 0.490 e. The third-order valence-electron chi connectivity index (χ3n) is 7.27. The lowest BCUT2D eigenvalue weighted by Gasteiger charge is -2.19. The molecular weight excluding hydrogens is 494 g/mol. The Morgan fingerprint density at radius 2 is 1.97 bits per heavy atom.